The fourth-order valence-corrected chi connectivity index (χ4v) is 4.07. The average Bonchev–Trinajstić information content (AvgIpc) is 3.06. The number of hydrogen-bond donors (Lipinski definition) is 0. The van der Waals surface area contributed by atoms with E-state index in [1.807, 2.05) is 42.5 Å². The molecule has 0 fully saturated rings. The van der Waals surface area contributed by atoms with Crippen LogP contribution in [-0.2, 0) is 9.53 Å². The van der Waals surface area contributed by atoms with Gasteiger partial charge in [-0.3, -0.25) is 0 Å². The number of carbonyl (C=O) groups excluding carboxylic acids is 1. The first kappa shape index (κ1) is 20.2. The highest BCUT2D eigenvalue weighted by Gasteiger charge is 2.37. The van der Waals surface area contributed by atoms with E-state index in [0.717, 1.165) is 5.56 Å². The zero-order valence-electron chi connectivity index (χ0n) is 17.0. The summed E-state index contributed by atoms with van der Waals surface area (Å²) in [5.41, 5.74) is 2.99. The van der Waals surface area contributed by atoms with Gasteiger partial charge in [-0.15, -0.1) is 0 Å². The van der Waals surface area contributed by atoms with Gasteiger partial charge in [0.2, 0.25) is 6.17 Å². The number of ether oxygens (including phenoxy) is 1. The predicted octanol–water partition coefficient (Wildman–Crippen LogP) is 3.66. The third-order valence-corrected chi connectivity index (χ3v) is 5.55. The Labute approximate surface area is 188 Å². The van der Waals surface area contributed by atoms with Crippen molar-refractivity contribution in [2.45, 2.75) is 6.17 Å². The second-order valence-corrected chi connectivity index (χ2v) is 7.71. The molecule has 0 spiro atoms. The van der Waals surface area contributed by atoms with Crippen molar-refractivity contribution in [3.8, 4) is 11.1 Å². The summed E-state index contributed by atoms with van der Waals surface area (Å²) in [6.07, 6.45) is 2.69. The van der Waals surface area contributed by atoms with Gasteiger partial charge in [-0.1, -0.05) is 66.2 Å². The molecular formula is C25H17ClFN3O2. The van der Waals surface area contributed by atoms with Crippen LogP contribution < -0.4 is 10.6 Å². The van der Waals surface area contributed by atoms with Crippen LogP contribution >= 0.6 is 11.6 Å². The Morgan fingerprint density at radius 2 is 1.78 bits per heavy atom. The van der Waals surface area contributed by atoms with Gasteiger partial charge in [0.05, 0.1) is 23.9 Å². The fraction of sp³-hybridized carbons (Fsp3) is 0.0800. The molecule has 2 aliphatic rings. The van der Waals surface area contributed by atoms with Crippen LogP contribution in [0.4, 0.5) is 4.39 Å². The van der Waals surface area contributed by atoms with E-state index >= 15 is 0 Å². The van der Waals surface area contributed by atoms with Crippen LogP contribution in [0.15, 0.2) is 88.6 Å². The van der Waals surface area contributed by atoms with Crippen LogP contribution in [-0.4, -0.2) is 30.0 Å². The minimum absolute atomic E-state index is 0.366. The van der Waals surface area contributed by atoms with Crippen molar-refractivity contribution >= 4 is 29.4 Å². The summed E-state index contributed by atoms with van der Waals surface area (Å²) in [4.78, 5) is 17.2. The molecule has 0 amide bonds. The molecule has 0 N–H and O–H groups in total. The van der Waals surface area contributed by atoms with E-state index in [0.29, 0.717) is 38.1 Å². The molecule has 2 aliphatic heterocycles. The molecule has 0 aliphatic carbocycles. The first-order valence-electron chi connectivity index (χ1n) is 9.92. The average molecular weight is 446 g/mol. The second kappa shape index (κ2) is 8.05. The van der Waals surface area contributed by atoms with E-state index in [9.17, 15) is 9.18 Å². The van der Waals surface area contributed by atoms with E-state index in [1.165, 1.54) is 18.2 Å². The normalized spacial score (nSPS) is 16.6. The van der Waals surface area contributed by atoms with Gasteiger partial charge in [0, 0.05) is 26.9 Å². The van der Waals surface area contributed by atoms with E-state index in [4.69, 9.17) is 21.4 Å². The minimum atomic E-state index is -0.995. The summed E-state index contributed by atoms with van der Waals surface area (Å²) >= 11 is 6.37. The molecule has 3 aromatic carbocycles. The summed E-state index contributed by atoms with van der Waals surface area (Å²) in [7, 11) is 1.31. The predicted molar refractivity (Wildman–Crippen MR) is 121 cm³/mol. The minimum Gasteiger partial charge on any atom is -0.466 e. The number of nitrogens with zero attached hydrogens (tertiary/aromatic N) is 3. The van der Waals surface area contributed by atoms with Gasteiger partial charge in [-0.25, -0.2) is 19.2 Å². The molecule has 0 bridgehead atoms. The number of esters is 1. The standard InChI is InChI=1S/C25H17ClFN3O2/c1-32-25(31)24-28-23(15-7-3-2-4-8-15)21-12-11-16-13-17(26)14-19(22(16)29-30(21)24)18-9-5-6-10-20(18)27/h2-14,24H,1H3. The Morgan fingerprint density at radius 1 is 1.03 bits per heavy atom. The summed E-state index contributed by atoms with van der Waals surface area (Å²) < 4.78 is 19.7. The summed E-state index contributed by atoms with van der Waals surface area (Å²) in [5.74, 6) is -0.938. The molecule has 0 radical (unpaired) electrons. The highest BCUT2D eigenvalue weighted by Crippen LogP contribution is 2.28. The number of benzene rings is 3. The van der Waals surface area contributed by atoms with Crippen molar-refractivity contribution < 1.29 is 13.9 Å². The number of fused-ring (bicyclic) bond motifs is 2. The number of carbonyl (C=O) groups is 1. The maximum Gasteiger partial charge on any atom is 0.353 e. The molecule has 1 unspecified atom stereocenters. The summed E-state index contributed by atoms with van der Waals surface area (Å²) in [5, 5.41) is 7.95. The van der Waals surface area contributed by atoms with Crippen LogP contribution in [0.1, 0.15) is 5.56 Å². The van der Waals surface area contributed by atoms with E-state index in [-0.39, 0.29) is 0 Å². The van der Waals surface area contributed by atoms with Gasteiger partial charge in [0.15, 0.2) is 0 Å². The Balaban J connectivity index is 1.76. The first-order chi connectivity index (χ1) is 15.6. The number of allylic oxidation sites excluding steroid dienone is 2. The van der Waals surface area contributed by atoms with Crippen molar-refractivity contribution in [2.24, 2.45) is 10.1 Å². The molecular weight excluding hydrogens is 429 g/mol. The molecule has 5 rings (SSSR count). The summed E-state index contributed by atoms with van der Waals surface area (Å²) in [6.45, 7) is 0. The molecule has 158 valence electrons. The van der Waals surface area contributed by atoms with Gasteiger partial charge in [-0.2, -0.15) is 5.10 Å². The van der Waals surface area contributed by atoms with Crippen LogP contribution in [0.3, 0.4) is 0 Å². The first-order valence-corrected chi connectivity index (χ1v) is 10.3. The number of hydrogen-bond acceptors (Lipinski definition) is 5. The van der Waals surface area contributed by atoms with E-state index < -0.39 is 18.0 Å². The Morgan fingerprint density at radius 3 is 2.53 bits per heavy atom. The molecule has 0 saturated heterocycles. The van der Waals surface area contributed by atoms with Crippen molar-refractivity contribution in [2.75, 3.05) is 7.11 Å². The summed E-state index contributed by atoms with van der Waals surface area (Å²) in [6, 6.07) is 19.4. The quantitative estimate of drug-likeness (QED) is 0.578. The zero-order valence-corrected chi connectivity index (χ0v) is 17.8. The zero-order chi connectivity index (χ0) is 22.2. The Kier molecular flexibility index (Phi) is 5.07. The van der Waals surface area contributed by atoms with Crippen LogP contribution in [0.25, 0.3) is 17.2 Å². The molecule has 1 atom stereocenters. The van der Waals surface area contributed by atoms with Gasteiger partial charge < -0.3 is 4.74 Å². The SMILES string of the molecule is COC(=O)C1N=C(c2ccccc2)C2=CC=c3cc(Cl)cc(-c4ccccc4F)c3=NN21. The highest BCUT2D eigenvalue weighted by molar-refractivity contribution is 6.30. The van der Waals surface area contributed by atoms with Crippen molar-refractivity contribution in [3.63, 3.8) is 0 Å². The molecule has 32 heavy (non-hydrogen) atoms. The lowest BCUT2D eigenvalue weighted by Gasteiger charge is -2.19. The monoisotopic (exact) mass is 445 g/mol. The molecule has 2 heterocycles. The number of methoxy groups -OCH3 is 1. The van der Waals surface area contributed by atoms with Crippen LogP contribution in [0.5, 0.6) is 0 Å². The largest absolute Gasteiger partial charge is 0.466 e. The number of halogens is 2. The molecule has 7 heteroatoms. The van der Waals surface area contributed by atoms with Gasteiger partial charge in [0.1, 0.15) is 5.82 Å². The number of aliphatic imine (C=N–C) groups is 1. The van der Waals surface area contributed by atoms with Crippen molar-refractivity contribution in [3.05, 3.63) is 105 Å². The maximum absolute atomic E-state index is 14.7. The third kappa shape index (κ3) is 3.39. The number of rotatable bonds is 3. The second-order valence-electron chi connectivity index (χ2n) is 7.27. The van der Waals surface area contributed by atoms with Gasteiger partial charge in [-0.05, 0) is 24.3 Å². The maximum atomic E-state index is 14.7. The van der Waals surface area contributed by atoms with Crippen LogP contribution in [0.2, 0.25) is 5.02 Å². The highest BCUT2D eigenvalue weighted by atomic mass is 35.5. The van der Waals surface area contributed by atoms with Crippen LogP contribution in [0, 0.1) is 5.82 Å². The lowest BCUT2D eigenvalue weighted by molar-refractivity contribution is -0.145. The lowest BCUT2D eigenvalue weighted by Crippen LogP contribution is -2.36. The van der Waals surface area contributed by atoms with E-state index in [1.54, 1.807) is 30.3 Å². The topological polar surface area (TPSA) is 54.3 Å². The fourth-order valence-electron chi connectivity index (χ4n) is 3.84. The van der Waals surface area contributed by atoms with Gasteiger partial charge in [0.25, 0.3) is 0 Å². The lowest BCUT2D eigenvalue weighted by atomic mass is 10.0. The van der Waals surface area contributed by atoms with Crippen molar-refractivity contribution in [1.82, 2.24) is 5.01 Å². The van der Waals surface area contributed by atoms with Crippen molar-refractivity contribution in [1.29, 1.82) is 0 Å². The third-order valence-electron chi connectivity index (χ3n) is 5.33. The Hall–Kier alpha value is -3.77. The van der Waals surface area contributed by atoms with Gasteiger partial charge >= 0.3 is 5.97 Å². The molecule has 0 aromatic heterocycles. The Bertz CT molecular complexity index is 1420. The van der Waals surface area contributed by atoms with E-state index in [2.05, 4.69) is 4.99 Å². The molecule has 0 saturated carbocycles. The smallest absolute Gasteiger partial charge is 0.353 e. The molecule has 5 nitrogen and oxygen atoms in total. The molecule has 3 aromatic rings.